The lowest BCUT2D eigenvalue weighted by Crippen LogP contribution is -2.66. The van der Waals surface area contributed by atoms with Gasteiger partial charge < -0.3 is 4.65 Å². The summed E-state index contributed by atoms with van der Waals surface area (Å²) in [6.45, 7) is 4.80. The van der Waals surface area contributed by atoms with Crippen molar-refractivity contribution in [2.24, 2.45) is 0 Å². The van der Waals surface area contributed by atoms with Gasteiger partial charge in [0.25, 0.3) is 0 Å². The molecular formula is C26H26NSi2-. The van der Waals surface area contributed by atoms with Crippen LogP contribution in [0, 0.1) is 0 Å². The minimum atomic E-state index is -2.32. The molecule has 4 rings (SSSR count). The normalized spacial score (nSPS) is 11.9. The molecule has 0 N–H and O–H groups in total. The number of hydrogen-bond donors (Lipinski definition) is 0. The molecule has 29 heavy (non-hydrogen) atoms. The molecule has 0 fully saturated rings. The summed E-state index contributed by atoms with van der Waals surface area (Å²) < 4.78 is 5.90. The third-order valence-corrected chi connectivity index (χ3v) is 15.2. The van der Waals surface area contributed by atoms with Crippen LogP contribution >= 0.6 is 0 Å². The second-order valence-electron chi connectivity index (χ2n) is 7.72. The van der Waals surface area contributed by atoms with Crippen molar-refractivity contribution < 1.29 is 0 Å². The Morgan fingerprint density at radius 1 is 0.379 bits per heavy atom. The second-order valence-corrected chi connectivity index (χ2v) is 15.2. The highest BCUT2D eigenvalue weighted by molar-refractivity contribution is 7.21. The van der Waals surface area contributed by atoms with Gasteiger partial charge in [-0.05, 0) is 0 Å². The molecule has 4 aromatic carbocycles. The van der Waals surface area contributed by atoms with E-state index in [4.69, 9.17) is 4.65 Å². The molecule has 0 radical (unpaired) electrons. The number of benzene rings is 4. The van der Waals surface area contributed by atoms with E-state index in [0.29, 0.717) is 0 Å². The molecule has 4 aromatic rings. The molecule has 0 unspecified atom stereocenters. The van der Waals surface area contributed by atoms with Gasteiger partial charge in [-0.15, -0.1) is 0 Å². The summed E-state index contributed by atoms with van der Waals surface area (Å²) in [5.74, 6) is 0. The topological polar surface area (TPSA) is 14.1 Å². The Bertz CT molecular complexity index is 869. The highest BCUT2D eigenvalue weighted by Gasteiger charge is 2.30. The molecule has 1 nitrogen and oxygen atoms in total. The second kappa shape index (κ2) is 8.33. The molecule has 0 spiro atoms. The summed E-state index contributed by atoms with van der Waals surface area (Å²) in [5.41, 5.74) is 0. The molecule has 0 heterocycles. The zero-order valence-corrected chi connectivity index (χ0v) is 19.0. The Morgan fingerprint density at radius 3 is 0.793 bits per heavy atom. The number of rotatable bonds is 6. The van der Waals surface area contributed by atoms with E-state index in [1.54, 1.807) is 0 Å². The summed E-state index contributed by atoms with van der Waals surface area (Å²) in [4.78, 5) is 0. The van der Waals surface area contributed by atoms with Gasteiger partial charge in [0, 0.05) is 16.5 Å². The fourth-order valence-corrected chi connectivity index (χ4v) is 13.8. The van der Waals surface area contributed by atoms with E-state index in [9.17, 15) is 0 Å². The lowest BCUT2D eigenvalue weighted by molar-refractivity contribution is 1.65. The molecule has 0 atom stereocenters. The standard InChI is InChI=1S/C26H26NSi2/c1-28(23-15-7-3-8-16-23,24-17-9-4-10-18-24)27-29(2,25-19-11-5-12-20-25)26-21-13-6-14-22-26/h3-22H,1-2H3/q-1. The van der Waals surface area contributed by atoms with Crippen LogP contribution in [0.25, 0.3) is 4.65 Å². The smallest absolute Gasteiger partial charge is 0.00757 e. The predicted octanol–water partition coefficient (Wildman–Crippen LogP) is 4.14. The van der Waals surface area contributed by atoms with Crippen molar-refractivity contribution in [3.63, 3.8) is 0 Å². The zero-order chi connectivity index (χ0) is 20.2. The fourth-order valence-electron chi connectivity index (χ4n) is 4.09. The zero-order valence-electron chi connectivity index (χ0n) is 17.0. The SMILES string of the molecule is C[Si]([N-][Si](C)(c1ccccc1)c1ccccc1)(c1ccccc1)c1ccccc1. The van der Waals surface area contributed by atoms with Crippen molar-refractivity contribution >= 4 is 37.2 Å². The third-order valence-electron chi connectivity index (χ3n) is 5.79. The van der Waals surface area contributed by atoms with E-state index >= 15 is 0 Å². The molecule has 0 aliphatic heterocycles. The van der Waals surface area contributed by atoms with Gasteiger partial charge in [0.1, 0.15) is 0 Å². The average Bonchev–Trinajstić information content (AvgIpc) is 2.81. The summed E-state index contributed by atoms with van der Waals surface area (Å²) in [5, 5.41) is 5.43. The van der Waals surface area contributed by atoms with Crippen molar-refractivity contribution in [3.8, 4) is 0 Å². The molecule has 144 valence electrons. The lowest BCUT2D eigenvalue weighted by atomic mass is 10.4. The first-order valence-electron chi connectivity index (χ1n) is 10.1. The first kappa shape index (κ1) is 19.6. The fraction of sp³-hybridized carbons (Fsp3) is 0.0769. The minimum absolute atomic E-state index is 1.36. The predicted molar refractivity (Wildman–Crippen MR) is 131 cm³/mol. The molecule has 0 bridgehead atoms. The van der Waals surface area contributed by atoms with Crippen molar-refractivity contribution in [1.82, 2.24) is 0 Å². The van der Waals surface area contributed by atoms with E-state index in [0.717, 1.165) is 0 Å². The van der Waals surface area contributed by atoms with Gasteiger partial charge in [-0.2, -0.15) is 0 Å². The molecule has 0 saturated carbocycles. The van der Waals surface area contributed by atoms with Crippen LogP contribution in [-0.4, -0.2) is 16.5 Å². The van der Waals surface area contributed by atoms with E-state index in [1.807, 2.05) is 0 Å². The Hall–Kier alpha value is -2.73. The van der Waals surface area contributed by atoms with Crippen LogP contribution in [-0.2, 0) is 0 Å². The molecular weight excluding hydrogens is 382 g/mol. The van der Waals surface area contributed by atoms with Crippen LogP contribution in [0.1, 0.15) is 0 Å². The van der Waals surface area contributed by atoms with E-state index in [2.05, 4.69) is 134 Å². The van der Waals surface area contributed by atoms with Gasteiger partial charge in [0.2, 0.25) is 0 Å². The third kappa shape index (κ3) is 3.90. The van der Waals surface area contributed by atoms with E-state index < -0.39 is 16.5 Å². The van der Waals surface area contributed by atoms with Gasteiger partial charge in [0.15, 0.2) is 0 Å². The highest BCUT2D eigenvalue weighted by Crippen LogP contribution is 2.22. The molecule has 0 aromatic heterocycles. The van der Waals surface area contributed by atoms with Gasteiger partial charge in [-0.1, -0.05) is 155 Å². The van der Waals surface area contributed by atoms with Gasteiger partial charge in [-0.25, -0.2) is 0 Å². The molecule has 0 aliphatic rings. The largest absolute Gasteiger partial charge is 0.652 e. The monoisotopic (exact) mass is 408 g/mol. The van der Waals surface area contributed by atoms with Crippen LogP contribution < -0.4 is 20.7 Å². The molecule has 0 amide bonds. The van der Waals surface area contributed by atoms with Crippen molar-refractivity contribution in [2.45, 2.75) is 13.1 Å². The van der Waals surface area contributed by atoms with Crippen LogP contribution in [0.3, 0.4) is 0 Å². The summed E-state index contributed by atoms with van der Waals surface area (Å²) in [6.07, 6.45) is 0. The maximum Gasteiger partial charge on any atom is 0.00757 e. The number of nitrogens with zero attached hydrogens (tertiary/aromatic N) is 1. The maximum atomic E-state index is 5.90. The summed E-state index contributed by atoms with van der Waals surface area (Å²) >= 11 is 0. The van der Waals surface area contributed by atoms with Gasteiger partial charge >= 0.3 is 0 Å². The van der Waals surface area contributed by atoms with Crippen molar-refractivity contribution in [2.75, 3.05) is 0 Å². The molecule has 0 aliphatic carbocycles. The van der Waals surface area contributed by atoms with Crippen molar-refractivity contribution in [3.05, 3.63) is 126 Å². The Kier molecular flexibility index (Phi) is 5.63. The Balaban J connectivity index is 1.91. The van der Waals surface area contributed by atoms with Crippen LogP contribution in [0.2, 0.25) is 13.1 Å². The highest BCUT2D eigenvalue weighted by atomic mass is 28.4. The van der Waals surface area contributed by atoms with Crippen LogP contribution in [0.15, 0.2) is 121 Å². The quantitative estimate of drug-likeness (QED) is 0.426. The lowest BCUT2D eigenvalue weighted by Gasteiger charge is -2.54. The minimum Gasteiger partial charge on any atom is -0.652 e. The van der Waals surface area contributed by atoms with Crippen molar-refractivity contribution in [1.29, 1.82) is 0 Å². The number of hydrogen-bond acceptors (Lipinski definition) is 0. The summed E-state index contributed by atoms with van der Waals surface area (Å²) in [6, 6.07) is 43.6. The van der Waals surface area contributed by atoms with Crippen LogP contribution in [0.5, 0.6) is 0 Å². The van der Waals surface area contributed by atoms with E-state index in [1.165, 1.54) is 20.7 Å². The molecule has 0 saturated heterocycles. The Labute approximate surface area is 176 Å². The maximum absolute atomic E-state index is 5.90. The first-order valence-corrected chi connectivity index (χ1v) is 15.0. The summed E-state index contributed by atoms with van der Waals surface area (Å²) in [7, 11) is -4.63. The average molecular weight is 409 g/mol. The van der Waals surface area contributed by atoms with Gasteiger partial charge in [0.05, 0.1) is 0 Å². The first-order chi connectivity index (χ1) is 14.1. The van der Waals surface area contributed by atoms with Gasteiger partial charge in [-0.3, -0.25) is 0 Å². The molecule has 3 heteroatoms. The van der Waals surface area contributed by atoms with E-state index in [-0.39, 0.29) is 0 Å². The Morgan fingerprint density at radius 2 is 0.586 bits per heavy atom. The van der Waals surface area contributed by atoms with Crippen LogP contribution in [0.4, 0.5) is 0 Å².